The summed E-state index contributed by atoms with van der Waals surface area (Å²) < 4.78 is 30.0. The number of imidazole rings is 1. The number of nitrogens with zero attached hydrogens (tertiary/aromatic N) is 4. The third-order valence-electron chi connectivity index (χ3n) is 7.08. The highest BCUT2D eigenvalue weighted by molar-refractivity contribution is 7.89. The number of hydrogen-bond donors (Lipinski definition) is 1. The van der Waals surface area contributed by atoms with Crippen molar-refractivity contribution in [3.05, 3.63) is 47.8 Å². The number of benzene rings is 2. The Morgan fingerprint density at radius 1 is 1.00 bits per heavy atom. The minimum absolute atomic E-state index is 0.187. The molecule has 0 aliphatic carbocycles. The summed E-state index contributed by atoms with van der Waals surface area (Å²) >= 11 is 0. The molecule has 3 heterocycles. The van der Waals surface area contributed by atoms with Crippen molar-refractivity contribution in [2.24, 2.45) is 0 Å². The van der Waals surface area contributed by atoms with Gasteiger partial charge in [0.15, 0.2) is 0 Å². The van der Waals surface area contributed by atoms with E-state index in [0.29, 0.717) is 36.5 Å². The van der Waals surface area contributed by atoms with E-state index < -0.39 is 10.0 Å². The molecule has 0 bridgehead atoms. The molecule has 8 nitrogen and oxygen atoms in total. The Balaban J connectivity index is 1.37. The van der Waals surface area contributed by atoms with Crippen LogP contribution in [0.5, 0.6) is 0 Å². The zero-order chi connectivity index (χ0) is 24.6. The second-order valence-corrected chi connectivity index (χ2v) is 11.3. The van der Waals surface area contributed by atoms with Crippen LogP contribution in [0.1, 0.15) is 50.4 Å². The van der Waals surface area contributed by atoms with Gasteiger partial charge in [0.2, 0.25) is 15.9 Å². The van der Waals surface area contributed by atoms with E-state index in [1.54, 1.807) is 16.4 Å². The van der Waals surface area contributed by atoms with Crippen LogP contribution in [0.4, 0.5) is 11.4 Å². The Morgan fingerprint density at radius 3 is 2.49 bits per heavy atom. The molecule has 9 heteroatoms. The lowest BCUT2D eigenvalue weighted by Crippen LogP contribution is -2.35. The fraction of sp³-hybridized carbons (Fsp3) is 0.462. The topological polar surface area (TPSA) is 87.5 Å². The van der Waals surface area contributed by atoms with E-state index in [4.69, 9.17) is 4.98 Å². The monoisotopic (exact) mass is 495 g/mol. The van der Waals surface area contributed by atoms with Crippen LogP contribution >= 0.6 is 0 Å². The predicted molar refractivity (Wildman–Crippen MR) is 138 cm³/mol. The summed E-state index contributed by atoms with van der Waals surface area (Å²) in [6.45, 7) is 7.29. The Bertz CT molecular complexity index is 1360. The average Bonchev–Trinajstić information content (AvgIpc) is 3.45. The summed E-state index contributed by atoms with van der Waals surface area (Å²) in [5.74, 6) is 1.04. The van der Waals surface area contributed by atoms with E-state index in [0.717, 1.165) is 67.1 Å². The van der Waals surface area contributed by atoms with Gasteiger partial charge in [-0.15, -0.1) is 0 Å². The number of sulfonamides is 1. The molecule has 0 saturated carbocycles. The molecule has 5 rings (SSSR count). The molecular formula is C26H33N5O3S. The van der Waals surface area contributed by atoms with Gasteiger partial charge in [-0.25, -0.2) is 13.4 Å². The number of hydrogen-bond acceptors (Lipinski definition) is 5. The molecule has 35 heavy (non-hydrogen) atoms. The van der Waals surface area contributed by atoms with Gasteiger partial charge in [0, 0.05) is 44.0 Å². The molecule has 1 aromatic heterocycles. The van der Waals surface area contributed by atoms with E-state index in [1.807, 2.05) is 30.0 Å². The van der Waals surface area contributed by atoms with Crippen LogP contribution in [0, 0.1) is 6.92 Å². The van der Waals surface area contributed by atoms with Gasteiger partial charge in [-0.1, -0.05) is 6.42 Å². The van der Waals surface area contributed by atoms with E-state index in [-0.39, 0.29) is 5.91 Å². The van der Waals surface area contributed by atoms with Gasteiger partial charge in [-0.2, -0.15) is 4.31 Å². The first-order valence-electron chi connectivity index (χ1n) is 12.5. The van der Waals surface area contributed by atoms with Crippen molar-refractivity contribution in [2.45, 2.75) is 63.9 Å². The van der Waals surface area contributed by atoms with Crippen molar-refractivity contribution in [1.29, 1.82) is 0 Å². The number of aryl methyl sites for hydroxylation is 2. The highest BCUT2D eigenvalue weighted by Crippen LogP contribution is 2.28. The SMILES string of the molecule is CCn1c(CNc2ccc(N3CCCC3=O)c(C)c2)nc2cc(S(=O)(=O)N3CCCCC3)ccc21. The fourth-order valence-electron chi connectivity index (χ4n) is 5.21. The first kappa shape index (κ1) is 23.8. The van der Waals surface area contributed by atoms with Crippen LogP contribution in [0.25, 0.3) is 11.0 Å². The van der Waals surface area contributed by atoms with Crippen LogP contribution in [0.2, 0.25) is 0 Å². The standard InChI is InChI=1S/C26H33N5O3S/c1-3-30-24-12-10-21(35(33,34)29-13-5-4-6-14-29)17-22(24)28-25(30)18-27-20-9-11-23(19(2)16-20)31-15-7-8-26(31)32/h9-12,16-17,27H,3-8,13-15,18H2,1-2H3. The van der Waals surface area contributed by atoms with Crippen molar-refractivity contribution in [3.63, 3.8) is 0 Å². The predicted octanol–water partition coefficient (Wildman–Crippen LogP) is 4.28. The molecule has 1 N–H and O–H groups in total. The maximum absolute atomic E-state index is 13.1. The molecule has 2 aromatic carbocycles. The van der Waals surface area contributed by atoms with Crippen molar-refractivity contribution < 1.29 is 13.2 Å². The van der Waals surface area contributed by atoms with Gasteiger partial charge in [0.05, 0.1) is 22.5 Å². The lowest BCUT2D eigenvalue weighted by atomic mass is 10.1. The number of carbonyl (C=O) groups excluding carboxylic acids is 1. The number of fused-ring (bicyclic) bond motifs is 1. The molecule has 186 valence electrons. The lowest BCUT2D eigenvalue weighted by molar-refractivity contribution is -0.117. The summed E-state index contributed by atoms with van der Waals surface area (Å²) in [6, 6.07) is 11.3. The largest absolute Gasteiger partial charge is 0.378 e. The van der Waals surface area contributed by atoms with Gasteiger partial charge in [-0.3, -0.25) is 4.79 Å². The molecule has 2 saturated heterocycles. The van der Waals surface area contributed by atoms with E-state index >= 15 is 0 Å². The second kappa shape index (κ2) is 9.62. The number of piperidine rings is 1. The molecule has 1 amide bonds. The lowest BCUT2D eigenvalue weighted by Gasteiger charge is -2.25. The second-order valence-electron chi connectivity index (χ2n) is 9.39. The van der Waals surface area contributed by atoms with Crippen LogP contribution < -0.4 is 10.2 Å². The number of rotatable bonds is 7. The Kier molecular flexibility index (Phi) is 6.55. The summed E-state index contributed by atoms with van der Waals surface area (Å²) in [5, 5.41) is 3.45. The highest BCUT2D eigenvalue weighted by Gasteiger charge is 2.27. The van der Waals surface area contributed by atoms with Crippen molar-refractivity contribution in [1.82, 2.24) is 13.9 Å². The van der Waals surface area contributed by atoms with E-state index in [1.165, 1.54) is 0 Å². The third kappa shape index (κ3) is 4.54. The van der Waals surface area contributed by atoms with Crippen LogP contribution in [-0.4, -0.2) is 47.8 Å². The minimum Gasteiger partial charge on any atom is -0.378 e. The number of aromatic nitrogens is 2. The quantitative estimate of drug-likeness (QED) is 0.529. The van der Waals surface area contributed by atoms with Gasteiger partial charge < -0.3 is 14.8 Å². The number of nitrogens with one attached hydrogen (secondary N) is 1. The van der Waals surface area contributed by atoms with Gasteiger partial charge >= 0.3 is 0 Å². The van der Waals surface area contributed by atoms with Crippen LogP contribution in [0.3, 0.4) is 0 Å². The summed E-state index contributed by atoms with van der Waals surface area (Å²) in [5.41, 5.74) is 4.62. The summed E-state index contributed by atoms with van der Waals surface area (Å²) in [4.78, 5) is 19.1. The Morgan fingerprint density at radius 2 is 1.80 bits per heavy atom. The summed E-state index contributed by atoms with van der Waals surface area (Å²) in [7, 11) is -3.50. The van der Waals surface area contributed by atoms with Crippen LogP contribution in [-0.2, 0) is 27.9 Å². The molecule has 0 unspecified atom stereocenters. The molecule has 2 aliphatic rings. The molecule has 0 atom stereocenters. The van der Waals surface area contributed by atoms with Gasteiger partial charge in [0.1, 0.15) is 5.82 Å². The first-order chi connectivity index (χ1) is 16.9. The molecule has 2 fully saturated rings. The third-order valence-corrected chi connectivity index (χ3v) is 8.97. The zero-order valence-corrected chi connectivity index (χ0v) is 21.3. The number of amides is 1. The maximum atomic E-state index is 13.1. The van der Waals surface area contributed by atoms with Crippen molar-refractivity contribution >= 4 is 38.3 Å². The van der Waals surface area contributed by atoms with E-state index in [2.05, 4.69) is 22.9 Å². The normalized spacial score (nSPS) is 17.4. The highest BCUT2D eigenvalue weighted by atomic mass is 32.2. The van der Waals surface area contributed by atoms with Crippen molar-refractivity contribution in [2.75, 3.05) is 29.9 Å². The van der Waals surface area contributed by atoms with E-state index in [9.17, 15) is 13.2 Å². The fourth-order valence-corrected chi connectivity index (χ4v) is 6.75. The average molecular weight is 496 g/mol. The Labute approximate surface area is 207 Å². The van der Waals surface area contributed by atoms with Crippen LogP contribution in [0.15, 0.2) is 41.3 Å². The molecule has 3 aromatic rings. The van der Waals surface area contributed by atoms with Crippen molar-refractivity contribution in [3.8, 4) is 0 Å². The summed E-state index contributed by atoms with van der Waals surface area (Å²) in [6.07, 6.45) is 4.44. The zero-order valence-electron chi connectivity index (χ0n) is 20.5. The molecular weight excluding hydrogens is 462 g/mol. The Hall–Kier alpha value is -2.91. The maximum Gasteiger partial charge on any atom is 0.243 e. The smallest absolute Gasteiger partial charge is 0.243 e. The molecule has 0 spiro atoms. The minimum atomic E-state index is -3.50. The van der Waals surface area contributed by atoms with Gasteiger partial charge in [-0.05, 0) is 75.1 Å². The molecule has 2 aliphatic heterocycles. The molecule has 0 radical (unpaired) electrons. The first-order valence-corrected chi connectivity index (χ1v) is 14.0. The number of carbonyl (C=O) groups is 1. The number of anilines is 2. The van der Waals surface area contributed by atoms with Gasteiger partial charge in [0.25, 0.3) is 0 Å².